The molecular formula is C19H24FN7O4S. The average Bonchev–Trinajstić information content (AvgIpc) is 3.44. The van der Waals surface area contributed by atoms with Gasteiger partial charge < -0.3 is 24.8 Å². The highest BCUT2D eigenvalue weighted by molar-refractivity contribution is 7.90. The number of carbonyl (C=O) groups is 1. The van der Waals surface area contributed by atoms with Crippen LogP contribution in [0.15, 0.2) is 40.1 Å². The molecule has 0 saturated heterocycles. The molecule has 0 spiro atoms. The van der Waals surface area contributed by atoms with Gasteiger partial charge in [0, 0.05) is 31.6 Å². The van der Waals surface area contributed by atoms with Crippen LogP contribution >= 0.6 is 0 Å². The topological polar surface area (TPSA) is 157 Å². The first kappa shape index (κ1) is 23.8. The van der Waals surface area contributed by atoms with E-state index in [0.29, 0.717) is 56.9 Å². The Balaban J connectivity index is 1.41. The van der Waals surface area contributed by atoms with Crippen LogP contribution in [-0.4, -0.2) is 62.0 Å². The Bertz CT molecular complexity index is 982. The lowest BCUT2D eigenvalue weighted by atomic mass is 10.2. The van der Waals surface area contributed by atoms with Crippen LogP contribution in [0.25, 0.3) is 11.5 Å². The van der Waals surface area contributed by atoms with Crippen molar-refractivity contribution in [3.63, 3.8) is 0 Å². The van der Waals surface area contributed by atoms with E-state index in [1.807, 2.05) is 0 Å². The van der Waals surface area contributed by atoms with Crippen LogP contribution in [0.1, 0.15) is 18.5 Å². The van der Waals surface area contributed by atoms with E-state index in [-0.39, 0.29) is 28.6 Å². The second-order valence-corrected chi connectivity index (χ2v) is 8.03. The first-order valence-electron chi connectivity index (χ1n) is 9.96. The Kier molecular flexibility index (Phi) is 9.10. The third-order valence-electron chi connectivity index (χ3n) is 4.18. The number of aromatic nitrogens is 5. The van der Waals surface area contributed by atoms with Crippen molar-refractivity contribution in [3.05, 3.63) is 42.0 Å². The van der Waals surface area contributed by atoms with Crippen LogP contribution < -0.4 is 11.1 Å². The molecule has 0 bridgehead atoms. The largest absolute Gasteiger partial charge is 0.607 e. The van der Waals surface area contributed by atoms with E-state index in [2.05, 4.69) is 25.8 Å². The molecule has 32 heavy (non-hydrogen) atoms. The van der Waals surface area contributed by atoms with Crippen molar-refractivity contribution >= 4 is 17.1 Å². The van der Waals surface area contributed by atoms with Crippen molar-refractivity contribution in [2.45, 2.75) is 30.4 Å². The number of rotatable bonds is 13. The molecule has 1 unspecified atom stereocenters. The van der Waals surface area contributed by atoms with E-state index in [1.165, 1.54) is 24.3 Å². The molecule has 0 saturated carbocycles. The number of ether oxygens (including phenoxy) is 1. The number of hydrogen-bond donors (Lipinski definition) is 2. The number of nitrogens with zero attached hydrogens (tertiary/aromatic N) is 5. The number of nitrogens with two attached hydrogens (primary N) is 1. The van der Waals surface area contributed by atoms with Gasteiger partial charge in [0.25, 0.3) is 5.89 Å². The maximum absolute atomic E-state index is 13.0. The lowest BCUT2D eigenvalue weighted by Crippen LogP contribution is -2.27. The summed E-state index contributed by atoms with van der Waals surface area (Å²) in [7, 11) is 0. The number of amides is 1. The fraction of sp³-hybridized carbons (Fsp3) is 0.421. The van der Waals surface area contributed by atoms with Gasteiger partial charge in [-0.15, -0.1) is 10.2 Å². The Morgan fingerprint density at radius 2 is 2.06 bits per heavy atom. The van der Waals surface area contributed by atoms with Gasteiger partial charge in [-0.3, -0.25) is 9.48 Å². The number of benzene rings is 1. The van der Waals surface area contributed by atoms with Crippen LogP contribution in [0.5, 0.6) is 0 Å². The molecule has 2 heterocycles. The molecule has 3 N–H and O–H groups in total. The summed E-state index contributed by atoms with van der Waals surface area (Å²) in [6.45, 7) is 2.28. The number of nitrogens with one attached hydrogen (secondary N) is 1. The predicted octanol–water partition coefficient (Wildman–Crippen LogP) is 0.647. The van der Waals surface area contributed by atoms with Gasteiger partial charge in [-0.05, 0) is 30.7 Å². The van der Waals surface area contributed by atoms with Gasteiger partial charge in [0.15, 0.2) is 5.75 Å². The number of carbonyl (C=O) groups excluding carboxylic acids is 1. The van der Waals surface area contributed by atoms with Crippen molar-refractivity contribution in [3.8, 4) is 11.5 Å². The fourth-order valence-corrected chi connectivity index (χ4v) is 3.49. The third-order valence-corrected chi connectivity index (χ3v) is 5.29. The standard InChI is InChI=1S/C19H24FN7O4S/c20-15-5-3-14(4-6-15)18-24-25-19(31-18)32(29)13-16-12-27(26-23-16)9-1-2-17(28)22-8-11-30-10-7-21/h3-6,12H,1-2,7-11,13,21H2,(H,22,28). The lowest BCUT2D eigenvalue weighted by Gasteiger charge is -2.05. The average molecular weight is 466 g/mol. The summed E-state index contributed by atoms with van der Waals surface area (Å²) < 4.78 is 37.7. The van der Waals surface area contributed by atoms with Crippen molar-refractivity contribution in [1.29, 1.82) is 0 Å². The molecular weight excluding hydrogens is 441 g/mol. The SMILES string of the molecule is NCCOCCNC(=O)CCCn1cc(C[S+]([O-])c2nnc(-c3ccc(F)cc3)o2)nn1. The first-order valence-corrected chi connectivity index (χ1v) is 11.3. The van der Waals surface area contributed by atoms with Crippen molar-refractivity contribution in [2.75, 3.05) is 26.3 Å². The van der Waals surface area contributed by atoms with Crippen molar-refractivity contribution in [1.82, 2.24) is 30.5 Å². The predicted molar refractivity (Wildman–Crippen MR) is 112 cm³/mol. The molecule has 3 aromatic rings. The van der Waals surface area contributed by atoms with E-state index in [4.69, 9.17) is 14.9 Å². The number of halogens is 1. The zero-order valence-corrected chi connectivity index (χ0v) is 18.1. The molecule has 13 heteroatoms. The highest BCUT2D eigenvalue weighted by Gasteiger charge is 2.23. The molecule has 0 aliphatic carbocycles. The molecule has 0 aliphatic heterocycles. The maximum atomic E-state index is 13.0. The Morgan fingerprint density at radius 1 is 1.25 bits per heavy atom. The Hall–Kier alpha value is -2.87. The minimum Gasteiger partial charge on any atom is -0.607 e. The summed E-state index contributed by atoms with van der Waals surface area (Å²) in [5, 5.41) is 18.3. The van der Waals surface area contributed by atoms with E-state index >= 15 is 0 Å². The highest BCUT2D eigenvalue weighted by Crippen LogP contribution is 2.21. The van der Waals surface area contributed by atoms with Crippen LogP contribution in [0, 0.1) is 5.82 Å². The van der Waals surface area contributed by atoms with Gasteiger partial charge in [-0.2, -0.15) is 0 Å². The van der Waals surface area contributed by atoms with Crippen LogP contribution in [0.4, 0.5) is 4.39 Å². The van der Waals surface area contributed by atoms with Gasteiger partial charge in [0.1, 0.15) is 11.5 Å². The summed E-state index contributed by atoms with van der Waals surface area (Å²) in [6.07, 6.45) is 2.58. The van der Waals surface area contributed by atoms with Crippen LogP contribution in [-0.2, 0) is 33.0 Å². The quantitative estimate of drug-likeness (QED) is 0.273. The normalized spacial score (nSPS) is 12.1. The third kappa shape index (κ3) is 7.37. The summed E-state index contributed by atoms with van der Waals surface area (Å²) in [4.78, 5) is 11.8. The van der Waals surface area contributed by atoms with E-state index in [9.17, 15) is 13.7 Å². The second kappa shape index (κ2) is 12.2. The van der Waals surface area contributed by atoms with Crippen LogP contribution in [0.3, 0.4) is 0 Å². The van der Waals surface area contributed by atoms with Crippen LogP contribution in [0.2, 0.25) is 0 Å². The molecule has 0 radical (unpaired) electrons. The summed E-state index contributed by atoms with van der Waals surface area (Å²) >= 11 is -1.61. The molecule has 1 amide bonds. The lowest BCUT2D eigenvalue weighted by molar-refractivity contribution is -0.121. The Labute approximate surface area is 186 Å². The maximum Gasteiger partial charge on any atom is 0.436 e. The molecule has 1 atom stereocenters. The number of aryl methyl sites for hydroxylation is 1. The van der Waals surface area contributed by atoms with E-state index in [1.54, 1.807) is 10.9 Å². The van der Waals surface area contributed by atoms with Gasteiger partial charge in [-0.25, -0.2) is 4.39 Å². The number of hydrogen-bond acceptors (Lipinski definition) is 9. The molecule has 3 rings (SSSR count). The Morgan fingerprint density at radius 3 is 2.84 bits per heavy atom. The molecule has 172 valence electrons. The van der Waals surface area contributed by atoms with Gasteiger partial charge in [0.2, 0.25) is 5.91 Å². The second-order valence-electron chi connectivity index (χ2n) is 6.70. The van der Waals surface area contributed by atoms with Gasteiger partial charge >= 0.3 is 5.22 Å². The summed E-state index contributed by atoms with van der Waals surface area (Å²) in [5.74, 6) is -0.250. The van der Waals surface area contributed by atoms with Gasteiger partial charge in [-0.1, -0.05) is 10.3 Å². The molecule has 1 aromatic carbocycles. The molecule has 11 nitrogen and oxygen atoms in total. The van der Waals surface area contributed by atoms with Crippen molar-refractivity contribution in [2.24, 2.45) is 5.73 Å². The molecule has 0 fully saturated rings. The molecule has 0 aliphatic rings. The zero-order valence-electron chi connectivity index (χ0n) is 17.3. The smallest absolute Gasteiger partial charge is 0.436 e. The fourth-order valence-electron chi connectivity index (χ4n) is 2.66. The van der Waals surface area contributed by atoms with Crippen molar-refractivity contribution < 1.29 is 22.9 Å². The highest BCUT2D eigenvalue weighted by atomic mass is 32.2. The minimum absolute atomic E-state index is 0.0499. The summed E-state index contributed by atoms with van der Waals surface area (Å²) in [6, 6.07) is 5.54. The monoisotopic (exact) mass is 465 g/mol. The minimum atomic E-state index is -1.61. The first-order chi connectivity index (χ1) is 15.5. The van der Waals surface area contributed by atoms with Gasteiger partial charge in [0.05, 0.1) is 30.6 Å². The zero-order chi connectivity index (χ0) is 22.8. The summed E-state index contributed by atoms with van der Waals surface area (Å²) in [5.41, 5.74) is 6.33. The molecule has 2 aromatic heterocycles. The van der Waals surface area contributed by atoms with E-state index in [0.717, 1.165) is 0 Å². The van der Waals surface area contributed by atoms with E-state index < -0.39 is 11.2 Å².